The summed E-state index contributed by atoms with van der Waals surface area (Å²) in [7, 11) is 1.55. The summed E-state index contributed by atoms with van der Waals surface area (Å²) in [5, 5.41) is 11.3. The molecule has 0 aliphatic carbocycles. The first kappa shape index (κ1) is 18.8. The zero-order valence-electron chi connectivity index (χ0n) is 13.8. The van der Waals surface area contributed by atoms with Crippen LogP contribution in [0.1, 0.15) is 5.56 Å². The van der Waals surface area contributed by atoms with Gasteiger partial charge in [-0.15, -0.1) is 0 Å². The molecule has 26 heavy (non-hydrogen) atoms. The fourth-order valence-corrected chi connectivity index (χ4v) is 3.58. The first-order valence-electron chi connectivity index (χ1n) is 7.59. The minimum Gasteiger partial charge on any atom is -0.481 e. The Morgan fingerprint density at radius 2 is 2.04 bits per heavy atom. The van der Waals surface area contributed by atoms with Gasteiger partial charge in [0, 0.05) is 37.6 Å². The number of hydrogen-bond donors (Lipinski definition) is 2. The number of carbonyl (C=O) groups excluding carboxylic acids is 1. The van der Waals surface area contributed by atoms with Crippen molar-refractivity contribution in [2.75, 3.05) is 12.4 Å². The minimum atomic E-state index is -0.204. The molecule has 0 atom stereocenters. The van der Waals surface area contributed by atoms with Crippen LogP contribution in [0, 0.1) is 0 Å². The Hall–Kier alpha value is -1.99. The fraction of sp³-hybridized carbons (Fsp3) is 0.111. The van der Waals surface area contributed by atoms with Crippen molar-refractivity contribution >= 4 is 57.5 Å². The molecule has 2 aromatic carbocycles. The summed E-state index contributed by atoms with van der Waals surface area (Å²) in [5.41, 5.74) is 1.30. The van der Waals surface area contributed by atoms with Gasteiger partial charge in [0.1, 0.15) is 0 Å². The van der Waals surface area contributed by atoms with Gasteiger partial charge in [-0.1, -0.05) is 29.3 Å². The number of nitrogens with two attached hydrogens (primary N) is 1. The Bertz CT molecular complexity index is 982. The fourth-order valence-electron chi connectivity index (χ4n) is 2.60. The molecule has 0 aliphatic heterocycles. The van der Waals surface area contributed by atoms with Crippen molar-refractivity contribution in [3.8, 4) is 5.88 Å². The van der Waals surface area contributed by atoms with E-state index in [-0.39, 0.29) is 12.3 Å². The number of nitrogens with zero attached hydrogens (tertiary/aromatic N) is 1. The lowest BCUT2D eigenvalue weighted by atomic mass is 10.1. The van der Waals surface area contributed by atoms with Gasteiger partial charge in [-0.2, -0.15) is 0 Å². The number of fused-ring (bicyclic) bond motifs is 1. The highest BCUT2D eigenvalue weighted by Gasteiger charge is 2.12. The molecule has 0 aliphatic rings. The van der Waals surface area contributed by atoms with Gasteiger partial charge in [-0.25, -0.2) is 4.98 Å². The van der Waals surface area contributed by atoms with Crippen LogP contribution in [0.5, 0.6) is 5.88 Å². The maximum atomic E-state index is 12.4. The lowest BCUT2D eigenvalue weighted by molar-refractivity contribution is -0.115. The number of methoxy groups -OCH3 is 1. The standard InChI is InChI=1S/C18H15Cl2N3O2S/c1-25-18-14-8-12(9-16(26-21)13(14)4-5-22-18)23-17(24)6-10-2-3-11(19)7-15(10)20/h2-5,7-9H,6,21H2,1H3,(H,23,24). The Balaban J connectivity index is 1.89. The number of aromatic nitrogens is 1. The summed E-state index contributed by atoms with van der Waals surface area (Å²) in [4.78, 5) is 17.4. The molecule has 0 saturated heterocycles. The smallest absolute Gasteiger partial charge is 0.228 e. The van der Waals surface area contributed by atoms with Gasteiger partial charge < -0.3 is 10.1 Å². The van der Waals surface area contributed by atoms with Gasteiger partial charge >= 0.3 is 0 Å². The first-order valence-corrected chi connectivity index (χ1v) is 9.22. The second kappa shape index (κ2) is 8.14. The van der Waals surface area contributed by atoms with Crippen LogP contribution in [0.4, 0.5) is 5.69 Å². The Morgan fingerprint density at radius 1 is 1.23 bits per heavy atom. The summed E-state index contributed by atoms with van der Waals surface area (Å²) in [6.45, 7) is 0. The molecule has 0 radical (unpaired) electrons. The zero-order chi connectivity index (χ0) is 18.7. The molecule has 0 fully saturated rings. The SMILES string of the molecule is COc1nccc2c(SN)cc(NC(=O)Cc3ccc(Cl)cc3Cl)cc12. The van der Waals surface area contributed by atoms with Crippen LogP contribution in [-0.2, 0) is 11.2 Å². The molecule has 134 valence electrons. The van der Waals surface area contributed by atoms with Crippen molar-refractivity contribution in [1.82, 2.24) is 4.98 Å². The van der Waals surface area contributed by atoms with Gasteiger partial charge in [0.25, 0.3) is 0 Å². The number of rotatable bonds is 5. The van der Waals surface area contributed by atoms with Crippen molar-refractivity contribution in [1.29, 1.82) is 0 Å². The van der Waals surface area contributed by atoms with Crippen LogP contribution in [0.3, 0.4) is 0 Å². The van der Waals surface area contributed by atoms with Crippen molar-refractivity contribution in [2.45, 2.75) is 11.3 Å². The molecule has 3 aromatic rings. The molecular weight excluding hydrogens is 393 g/mol. The average Bonchev–Trinajstić information content (AvgIpc) is 2.62. The van der Waals surface area contributed by atoms with Gasteiger partial charge in [0.2, 0.25) is 11.8 Å². The van der Waals surface area contributed by atoms with E-state index in [9.17, 15) is 4.79 Å². The summed E-state index contributed by atoms with van der Waals surface area (Å²) in [6, 6.07) is 10.5. The summed E-state index contributed by atoms with van der Waals surface area (Å²) in [5.74, 6) is 0.263. The van der Waals surface area contributed by atoms with E-state index < -0.39 is 0 Å². The number of pyridine rings is 1. The molecule has 3 rings (SSSR count). The third kappa shape index (κ3) is 4.04. The third-order valence-electron chi connectivity index (χ3n) is 3.78. The van der Waals surface area contributed by atoms with Gasteiger partial charge in [-0.05, 0) is 47.8 Å². The molecular formula is C18H15Cl2N3O2S. The van der Waals surface area contributed by atoms with E-state index in [0.29, 0.717) is 27.2 Å². The Morgan fingerprint density at radius 3 is 2.73 bits per heavy atom. The number of carbonyl (C=O) groups is 1. The third-order valence-corrected chi connectivity index (χ3v) is 4.95. The second-order valence-corrected chi connectivity index (χ2v) is 6.99. The van der Waals surface area contributed by atoms with E-state index >= 15 is 0 Å². The molecule has 5 nitrogen and oxygen atoms in total. The van der Waals surface area contributed by atoms with Crippen LogP contribution < -0.4 is 15.2 Å². The van der Waals surface area contributed by atoms with E-state index in [0.717, 1.165) is 27.6 Å². The molecule has 8 heteroatoms. The molecule has 0 bridgehead atoms. The van der Waals surface area contributed by atoms with E-state index in [1.165, 1.54) is 0 Å². The van der Waals surface area contributed by atoms with E-state index in [1.807, 2.05) is 18.2 Å². The van der Waals surface area contributed by atoms with Crippen molar-refractivity contribution in [3.05, 3.63) is 58.2 Å². The topological polar surface area (TPSA) is 77.2 Å². The monoisotopic (exact) mass is 407 g/mol. The molecule has 0 unspecified atom stereocenters. The highest BCUT2D eigenvalue weighted by Crippen LogP contribution is 2.33. The number of ether oxygens (including phenoxy) is 1. The van der Waals surface area contributed by atoms with Crippen LogP contribution in [0.2, 0.25) is 10.0 Å². The number of anilines is 1. The summed E-state index contributed by atoms with van der Waals surface area (Å²) < 4.78 is 5.31. The predicted molar refractivity (Wildman–Crippen MR) is 107 cm³/mol. The van der Waals surface area contributed by atoms with Gasteiger partial charge in [-0.3, -0.25) is 9.93 Å². The van der Waals surface area contributed by atoms with Crippen molar-refractivity contribution in [3.63, 3.8) is 0 Å². The van der Waals surface area contributed by atoms with E-state index in [1.54, 1.807) is 31.5 Å². The van der Waals surface area contributed by atoms with Crippen LogP contribution in [0.25, 0.3) is 10.8 Å². The molecule has 3 N–H and O–H groups in total. The number of halogens is 2. The van der Waals surface area contributed by atoms with E-state index in [2.05, 4.69) is 10.3 Å². The molecule has 1 aromatic heterocycles. The molecule has 0 spiro atoms. The highest BCUT2D eigenvalue weighted by atomic mass is 35.5. The molecule has 1 amide bonds. The van der Waals surface area contributed by atoms with Crippen molar-refractivity contribution < 1.29 is 9.53 Å². The van der Waals surface area contributed by atoms with E-state index in [4.69, 9.17) is 33.1 Å². The lowest BCUT2D eigenvalue weighted by Gasteiger charge is -2.12. The normalized spacial score (nSPS) is 10.8. The number of benzene rings is 2. The molecule has 0 saturated carbocycles. The average molecular weight is 408 g/mol. The first-order chi connectivity index (χ1) is 12.5. The van der Waals surface area contributed by atoms with Crippen LogP contribution in [-0.4, -0.2) is 18.0 Å². The Labute approximate surface area is 165 Å². The highest BCUT2D eigenvalue weighted by molar-refractivity contribution is 7.97. The maximum absolute atomic E-state index is 12.4. The number of hydrogen-bond acceptors (Lipinski definition) is 5. The van der Waals surface area contributed by atoms with Gasteiger partial charge in [0.15, 0.2) is 0 Å². The second-order valence-electron chi connectivity index (χ2n) is 5.47. The predicted octanol–water partition coefficient (Wildman–Crippen LogP) is 4.70. The summed E-state index contributed by atoms with van der Waals surface area (Å²) in [6.07, 6.45) is 1.78. The zero-order valence-corrected chi connectivity index (χ0v) is 16.1. The lowest BCUT2D eigenvalue weighted by Crippen LogP contribution is -2.14. The van der Waals surface area contributed by atoms with Crippen molar-refractivity contribution in [2.24, 2.45) is 5.14 Å². The number of amides is 1. The van der Waals surface area contributed by atoms with Crippen LogP contribution in [0.15, 0.2) is 47.5 Å². The van der Waals surface area contributed by atoms with Gasteiger partial charge in [0.05, 0.1) is 13.5 Å². The van der Waals surface area contributed by atoms with Crippen LogP contribution >= 0.6 is 35.1 Å². The Kier molecular flexibility index (Phi) is 5.88. The quantitative estimate of drug-likeness (QED) is 0.599. The largest absolute Gasteiger partial charge is 0.481 e. The maximum Gasteiger partial charge on any atom is 0.228 e. The minimum absolute atomic E-state index is 0.128. The molecule has 1 heterocycles. The summed E-state index contributed by atoms with van der Waals surface area (Å²) >= 11 is 13.1. The number of nitrogens with one attached hydrogen (secondary N) is 1.